The van der Waals surface area contributed by atoms with Gasteiger partial charge in [0.15, 0.2) is 15.5 Å². The molecule has 1 fully saturated rings. The van der Waals surface area contributed by atoms with E-state index in [1.54, 1.807) is 48.8 Å². The second kappa shape index (κ2) is 9.06. The highest BCUT2D eigenvalue weighted by Gasteiger charge is 2.32. The van der Waals surface area contributed by atoms with Gasteiger partial charge in [0.05, 0.1) is 28.1 Å². The van der Waals surface area contributed by atoms with Crippen LogP contribution in [0.5, 0.6) is 0 Å². The van der Waals surface area contributed by atoms with Crippen molar-refractivity contribution >= 4 is 38.3 Å². The van der Waals surface area contributed by atoms with Crippen LogP contribution >= 0.6 is 0 Å². The summed E-state index contributed by atoms with van der Waals surface area (Å²) in [6, 6.07) is 10.2. The number of aromatic nitrogens is 5. The summed E-state index contributed by atoms with van der Waals surface area (Å²) >= 11 is 0. The summed E-state index contributed by atoms with van der Waals surface area (Å²) in [7, 11) is -3.33. The number of sulfone groups is 1. The molecular formula is C24H25N7O3S. The number of H-pyrrole nitrogens is 1. The van der Waals surface area contributed by atoms with Crippen LogP contribution in [0.2, 0.25) is 0 Å². The van der Waals surface area contributed by atoms with E-state index >= 15 is 0 Å². The lowest BCUT2D eigenvalue weighted by Crippen LogP contribution is -2.49. The van der Waals surface area contributed by atoms with Gasteiger partial charge < -0.3 is 9.80 Å². The molecule has 1 amide bonds. The van der Waals surface area contributed by atoms with Gasteiger partial charge in [-0.1, -0.05) is 0 Å². The Morgan fingerprint density at radius 1 is 1.14 bits per heavy atom. The number of hydrogen-bond acceptors (Lipinski definition) is 8. The van der Waals surface area contributed by atoms with E-state index in [2.05, 4.69) is 30.0 Å². The number of carbonyl (C=O) groups excluding carboxylic acids is 1. The number of aromatic amines is 1. The van der Waals surface area contributed by atoms with Gasteiger partial charge in [0, 0.05) is 36.9 Å². The largest absolute Gasteiger partial charge is 0.337 e. The van der Waals surface area contributed by atoms with Crippen molar-refractivity contribution in [1.29, 1.82) is 0 Å². The normalized spacial score (nSPS) is 16.4. The van der Waals surface area contributed by atoms with Gasteiger partial charge in [-0.3, -0.25) is 14.9 Å². The van der Waals surface area contributed by atoms with Crippen LogP contribution in [0.25, 0.3) is 11.0 Å². The van der Waals surface area contributed by atoms with Crippen molar-refractivity contribution in [2.24, 2.45) is 0 Å². The molecule has 0 saturated carbocycles. The number of hydrogen-bond donors (Lipinski definition) is 1. The van der Waals surface area contributed by atoms with Gasteiger partial charge in [0.25, 0.3) is 5.91 Å². The van der Waals surface area contributed by atoms with Gasteiger partial charge in [-0.05, 0) is 56.2 Å². The Kier molecular flexibility index (Phi) is 5.93. The molecule has 1 atom stereocenters. The summed E-state index contributed by atoms with van der Waals surface area (Å²) in [6.07, 6.45) is 7.65. The van der Waals surface area contributed by atoms with Crippen LogP contribution in [0, 0.1) is 6.92 Å². The second-order valence-corrected chi connectivity index (χ2v) is 10.7. The Balaban J connectivity index is 1.55. The van der Waals surface area contributed by atoms with Crippen molar-refractivity contribution in [1.82, 2.24) is 30.0 Å². The third-order valence-corrected chi connectivity index (χ3v) is 7.41. The standard InChI is InChI=1S/C24H25N7O3S/c1-16-20(6-3-11-25-16)24(32)30-12-4-5-18(14-30)31(17-7-9-19(10-8-17)35(2,33)34)23-21-13-28-29-22(21)26-15-27-23/h3,6-11,13,15,18H,4-5,12,14H2,1-2H3,(H,26,27,28,29). The van der Waals surface area contributed by atoms with E-state index in [9.17, 15) is 13.2 Å². The molecule has 11 heteroatoms. The van der Waals surface area contributed by atoms with Crippen LogP contribution in [0.4, 0.5) is 11.5 Å². The van der Waals surface area contributed by atoms with Crippen molar-refractivity contribution in [3.63, 3.8) is 0 Å². The fourth-order valence-corrected chi connectivity index (χ4v) is 5.17. The maximum atomic E-state index is 13.3. The van der Waals surface area contributed by atoms with E-state index in [-0.39, 0.29) is 16.8 Å². The molecule has 4 heterocycles. The molecule has 1 saturated heterocycles. The van der Waals surface area contributed by atoms with Gasteiger partial charge >= 0.3 is 0 Å². The van der Waals surface area contributed by atoms with Crippen molar-refractivity contribution in [2.75, 3.05) is 24.2 Å². The van der Waals surface area contributed by atoms with Crippen LogP contribution in [0.3, 0.4) is 0 Å². The highest BCUT2D eigenvalue weighted by Crippen LogP contribution is 2.34. The average Bonchev–Trinajstić information content (AvgIpc) is 3.34. The van der Waals surface area contributed by atoms with Crippen molar-refractivity contribution in [2.45, 2.75) is 30.7 Å². The van der Waals surface area contributed by atoms with E-state index in [1.165, 1.54) is 12.6 Å². The molecule has 1 aromatic carbocycles. The van der Waals surface area contributed by atoms with E-state index < -0.39 is 9.84 Å². The third kappa shape index (κ3) is 4.46. The summed E-state index contributed by atoms with van der Waals surface area (Å²) in [5.74, 6) is 0.594. The monoisotopic (exact) mass is 491 g/mol. The number of likely N-dealkylation sites (tertiary alicyclic amines) is 1. The molecule has 4 aromatic rings. The maximum Gasteiger partial charge on any atom is 0.255 e. The van der Waals surface area contributed by atoms with Crippen molar-refractivity contribution < 1.29 is 13.2 Å². The predicted molar refractivity (Wildman–Crippen MR) is 131 cm³/mol. The lowest BCUT2D eigenvalue weighted by atomic mass is 10.0. The van der Waals surface area contributed by atoms with Gasteiger partial charge in [-0.2, -0.15) is 5.10 Å². The Labute approximate surface area is 203 Å². The van der Waals surface area contributed by atoms with E-state index in [1.807, 2.05) is 11.8 Å². The average molecular weight is 492 g/mol. The van der Waals surface area contributed by atoms with Crippen LogP contribution in [-0.4, -0.2) is 69.8 Å². The van der Waals surface area contributed by atoms with Crippen LogP contribution in [0.1, 0.15) is 28.9 Å². The molecule has 5 rings (SSSR count). The Morgan fingerprint density at radius 2 is 1.94 bits per heavy atom. The molecule has 10 nitrogen and oxygen atoms in total. The number of benzene rings is 1. The van der Waals surface area contributed by atoms with Crippen molar-refractivity contribution in [3.8, 4) is 0 Å². The highest BCUT2D eigenvalue weighted by molar-refractivity contribution is 7.90. The summed E-state index contributed by atoms with van der Waals surface area (Å²) in [5.41, 5.74) is 2.66. The number of nitrogens with one attached hydrogen (secondary N) is 1. The first-order chi connectivity index (χ1) is 16.8. The Morgan fingerprint density at radius 3 is 2.69 bits per heavy atom. The molecule has 0 spiro atoms. The molecule has 1 aliphatic rings. The van der Waals surface area contributed by atoms with E-state index in [0.717, 1.165) is 23.9 Å². The van der Waals surface area contributed by atoms with Gasteiger partial charge in [-0.25, -0.2) is 18.4 Å². The Bertz CT molecular complexity index is 1480. The smallest absolute Gasteiger partial charge is 0.255 e. The number of nitrogens with zero attached hydrogens (tertiary/aromatic N) is 6. The molecular weight excluding hydrogens is 466 g/mol. The first kappa shape index (κ1) is 22.9. The fraction of sp³-hybridized carbons (Fsp3) is 0.292. The zero-order chi connectivity index (χ0) is 24.6. The van der Waals surface area contributed by atoms with Crippen LogP contribution in [-0.2, 0) is 9.84 Å². The third-order valence-electron chi connectivity index (χ3n) is 6.28. The number of fused-ring (bicyclic) bond motifs is 1. The molecule has 0 bridgehead atoms. The van der Waals surface area contributed by atoms with Crippen molar-refractivity contribution in [3.05, 3.63) is 66.4 Å². The maximum absolute atomic E-state index is 13.3. The number of piperidine rings is 1. The molecule has 0 radical (unpaired) electrons. The molecule has 1 aliphatic heterocycles. The molecule has 180 valence electrons. The summed E-state index contributed by atoms with van der Waals surface area (Å²) in [6.45, 7) is 2.96. The van der Waals surface area contributed by atoms with Crippen LogP contribution < -0.4 is 4.90 Å². The number of amides is 1. The number of rotatable bonds is 5. The molecule has 1 unspecified atom stereocenters. The SMILES string of the molecule is Cc1ncccc1C(=O)N1CCCC(N(c2ccc(S(C)(=O)=O)cc2)c2ncnc3[nH]ncc23)C1. The predicted octanol–water partition coefficient (Wildman–Crippen LogP) is 2.90. The molecule has 1 N–H and O–H groups in total. The minimum absolute atomic E-state index is 0.0520. The minimum Gasteiger partial charge on any atom is -0.337 e. The summed E-state index contributed by atoms with van der Waals surface area (Å²) in [5, 5.41) is 7.73. The zero-order valence-corrected chi connectivity index (χ0v) is 20.2. The lowest BCUT2D eigenvalue weighted by molar-refractivity contribution is 0.0707. The van der Waals surface area contributed by atoms with Gasteiger partial charge in [0.1, 0.15) is 12.1 Å². The number of carbonyl (C=O) groups is 1. The quantitative estimate of drug-likeness (QED) is 0.452. The zero-order valence-electron chi connectivity index (χ0n) is 19.4. The highest BCUT2D eigenvalue weighted by atomic mass is 32.2. The molecule has 3 aromatic heterocycles. The lowest BCUT2D eigenvalue weighted by Gasteiger charge is -2.40. The first-order valence-electron chi connectivity index (χ1n) is 11.3. The summed E-state index contributed by atoms with van der Waals surface area (Å²) in [4.78, 5) is 30.6. The fourth-order valence-electron chi connectivity index (χ4n) is 4.53. The van der Waals surface area contributed by atoms with Gasteiger partial charge in [0.2, 0.25) is 0 Å². The molecule has 35 heavy (non-hydrogen) atoms. The molecule has 0 aliphatic carbocycles. The van der Waals surface area contributed by atoms with E-state index in [4.69, 9.17) is 0 Å². The van der Waals surface area contributed by atoms with E-state index in [0.29, 0.717) is 35.8 Å². The first-order valence-corrected chi connectivity index (χ1v) is 13.2. The number of pyridine rings is 1. The number of anilines is 2. The minimum atomic E-state index is -3.33. The van der Waals surface area contributed by atoms with Gasteiger partial charge in [-0.15, -0.1) is 0 Å². The summed E-state index contributed by atoms with van der Waals surface area (Å²) < 4.78 is 24.0. The Hall–Kier alpha value is -3.86. The topological polar surface area (TPSA) is 125 Å². The van der Waals surface area contributed by atoms with Crippen LogP contribution in [0.15, 0.2) is 60.0 Å². The second-order valence-electron chi connectivity index (χ2n) is 8.65. The number of aryl methyl sites for hydroxylation is 1.